The number of alkyl halides is 3. The summed E-state index contributed by atoms with van der Waals surface area (Å²) in [6.07, 6.45) is -3.27. The van der Waals surface area contributed by atoms with Crippen LogP contribution in [0, 0.1) is 0 Å². The summed E-state index contributed by atoms with van der Waals surface area (Å²) in [5.41, 5.74) is -0.284. The lowest BCUT2D eigenvalue weighted by Gasteiger charge is -2.01. The van der Waals surface area contributed by atoms with E-state index in [1.807, 2.05) is 0 Å². The molecule has 0 unspecified atom stereocenters. The van der Waals surface area contributed by atoms with Crippen molar-refractivity contribution >= 4 is 0 Å². The number of ether oxygens (including phenoxy) is 1. The molecule has 23 heavy (non-hydrogen) atoms. The second kappa shape index (κ2) is 5.75. The predicted molar refractivity (Wildman–Crippen MR) is 72.6 cm³/mol. The van der Waals surface area contributed by atoms with Gasteiger partial charge in [-0.15, -0.1) is 10.2 Å². The van der Waals surface area contributed by atoms with Gasteiger partial charge in [0.25, 0.3) is 0 Å². The van der Waals surface area contributed by atoms with Crippen molar-refractivity contribution in [1.29, 1.82) is 0 Å². The Morgan fingerprint density at radius 3 is 2.48 bits per heavy atom. The Kier molecular flexibility index (Phi) is 3.77. The van der Waals surface area contributed by atoms with Gasteiger partial charge in [-0.25, -0.2) is 0 Å². The summed E-state index contributed by atoms with van der Waals surface area (Å²) < 4.78 is 49.0. The van der Waals surface area contributed by atoms with Crippen LogP contribution in [0.2, 0.25) is 0 Å². The smallest absolute Gasteiger partial charge is 0.435 e. The molecule has 9 heteroatoms. The number of hydrogen-bond donors (Lipinski definition) is 0. The van der Waals surface area contributed by atoms with Crippen molar-refractivity contribution in [3.63, 3.8) is 0 Å². The standard InChI is InChI=1S/C14H11F3N4O2/c1-22-10-4-2-9(3-5-10)13-19-18-12(23-13)8-21-7-6-11(20-21)14(15,16)17/h2-7H,8H2,1H3. The average Bonchev–Trinajstić information content (AvgIpc) is 3.17. The van der Waals surface area contributed by atoms with Crippen molar-refractivity contribution in [2.75, 3.05) is 7.11 Å². The highest BCUT2D eigenvalue weighted by atomic mass is 19.4. The molecule has 0 atom stereocenters. The minimum absolute atomic E-state index is 0.0424. The molecule has 0 fully saturated rings. The molecule has 0 saturated heterocycles. The topological polar surface area (TPSA) is 66.0 Å². The number of methoxy groups -OCH3 is 1. The van der Waals surface area contributed by atoms with E-state index in [1.165, 1.54) is 6.20 Å². The molecule has 0 bridgehead atoms. The van der Waals surface area contributed by atoms with Crippen LogP contribution in [0.1, 0.15) is 11.6 Å². The zero-order valence-corrected chi connectivity index (χ0v) is 11.9. The largest absolute Gasteiger partial charge is 0.497 e. The van der Waals surface area contributed by atoms with Gasteiger partial charge in [-0.1, -0.05) is 0 Å². The van der Waals surface area contributed by atoms with Gasteiger partial charge in [0.1, 0.15) is 12.3 Å². The fourth-order valence-corrected chi connectivity index (χ4v) is 1.91. The first kappa shape index (κ1) is 15.1. The third-order valence-corrected chi connectivity index (χ3v) is 3.03. The minimum atomic E-state index is -4.48. The van der Waals surface area contributed by atoms with Crippen LogP contribution in [0.15, 0.2) is 40.9 Å². The lowest BCUT2D eigenvalue weighted by atomic mass is 10.2. The van der Waals surface area contributed by atoms with Crippen LogP contribution in [0.5, 0.6) is 5.75 Å². The lowest BCUT2D eigenvalue weighted by molar-refractivity contribution is -0.141. The van der Waals surface area contributed by atoms with Crippen LogP contribution in [0.25, 0.3) is 11.5 Å². The van der Waals surface area contributed by atoms with Gasteiger partial charge in [0.05, 0.1) is 7.11 Å². The first-order chi connectivity index (χ1) is 11.0. The maximum absolute atomic E-state index is 12.5. The molecule has 0 spiro atoms. The Morgan fingerprint density at radius 1 is 1.13 bits per heavy atom. The maximum atomic E-state index is 12.5. The highest BCUT2D eigenvalue weighted by Gasteiger charge is 2.33. The van der Waals surface area contributed by atoms with Crippen molar-refractivity contribution in [2.45, 2.75) is 12.7 Å². The van der Waals surface area contributed by atoms with E-state index in [-0.39, 0.29) is 18.3 Å². The molecule has 120 valence electrons. The van der Waals surface area contributed by atoms with Gasteiger partial charge in [0.15, 0.2) is 5.69 Å². The van der Waals surface area contributed by atoms with Gasteiger partial charge in [-0.05, 0) is 30.3 Å². The molecule has 0 radical (unpaired) electrons. The molecule has 0 aliphatic carbocycles. The van der Waals surface area contributed by atoms with Crippen molar-refractivity contribution < 1.29 is 22.3 Å². The van der Waals surface area contributed by atoms with Crippen LogP contribution < -0.4 is 4.74 Å². The summed E-state index contributed by atoms with van der Waals surface area (Å²) in [7, 11) is 1.55. The molecule has 0 aliphatic rings. The predicted octanol–water partition coefficient (Wildman–Crippen LogP) is 3.01. The number of halogens is 3. The van der Waals surface area contributed by atoms with Crippen LogP contribution in [-0.2, 0) is 12.7 Å². The minimum Gasteiger partial charge on any atom is -0.497 e. The van der Waals surface area contributed by atoms with E-state index in [0.717, 1.165) is 10.7 Å². The van der Waals surface area contributed by atoms with Crippen LogP contribution in [0.3, 0.4) is 0 Å². The highest BCUT2D eigenvalue weighted by molar-refractivity contribution is 5.53. The van der Waals surface area contributed by atoms with Gasteiger partial charge in [0.2, 0.25) is 11.8 Å². The quantitative estimate of drug-likeness (QED) is 0.738. The molecule has 1 aromatic carbocycles. The molecule has 0 amide bonds. The van der Waals surface area contributed by atoms with E-state index in [2.05, 4.69) is 15.3 Å². The molecular formula is C14H11F3N4O2. The summed E-state index contributed by atoms with van der Waals surface area (Å²) in [4.78, 5) is 0. The van der Waals surface area contributed by atoms with E-state index in [0.29, 0.717) is 11.3 Å². The fourth-order valence-electron chi connectivity index (χ4n) is 1.91. The normalized spacial score (nSPS) is 11.7. The zero-order valence-electron chi connectivity index (χ0n) is 11.9. The van der Waals surface area contributed by atoms with Crippen molar-refractivity contribution in [3.05, 3.63) is 48.1 Å². The number of rotatable bonds is 4. The van der Waals surface area contributed by atoms with E-state index >= 15 is 0 Å². The highest BCUT2D eigenvalue weighted by Crippen LogP contribution is 2.27. The summed E-state index contributed by atoms with van der Waals surface area (Å²) in [5, 5.41) is 11.1. The van der Waals surface area contributed by atoms with Crippen molar-refractivity contribution in [3.8, 4) is 17.2 Å². The summed E-state index contributed by atoms with van der Waals surface area (Å²) >= 11 is 0. The van der Waals surface area contributed by atoms with E-state index < -0.39 is 11.9 Å². The Hall–Kier alpha value is -2.84. The first-order valence-electron chi connectivity index (χ1n) is 6.53. The molecule has 3 rings (SSSR count). The van der Waals surface area contributed by atoms with Gasteiger partial charge >= 0.3 is 6.18 Å². The molecule has 2 aromatic heterocycles. The van der Waals surface area contributed by atoms with Crippen LogP contribution in [0.4, 0.5) is 13.2 Å². The van der Waals surface area contributed by atoms with Gasteiger partial charge < -0.3 is 9.15 Å². The lowest BCUT2D eigenvalue weighted by Crippen LogP contribution is -2.08. The van der Waals surface area contributed by atoms with Crippen LogP contribution in [-0.4, -0.2) is 27.1 Å². The van der Waals surface area contributed by atoms with Crippen molar-refractivity contribution in [1.82, 2.24) is 20.0 Å². The van der Waals surface area contributed by atoms with Crippen LogP contribution >= 0.6 is 0 Å². The first-order valence-corrected chi connectivity index (χ1v) is 6.53. The molecule has 2 heterocycles. The third kappa shape index (κ3) is 3.33. The van der Waals surface area contributed by atoms with Gasteiger partial charge in [-0.3, -0.25) is 4.68 Å². The molecule has 0 aliphatic heterocycles. The fraction of sp³-hybridized carbons (Fsp3) is 0.214. The Balaban J connectivity index is 1.75. The second-order valence-corrected chi connectivity index (χ2v) is 4.63. The molecule has 3 aromatic rings. The molecular weight excluding hydrogens is 313 g/mol. The van der Waals surface area contributed by atoms with Gasteiger partial charge in [-0.2, -0.15) is 18.3 Å². The number of hydrogen-bond acceptors (Lipinski definition) is 5. The third-order valence-electron chi connectivity index (χ3n) is 3.03. The Labute approximate surface area is 128 Å². The Morgan fingerprint density at radius 2 is 1.87 bits per heavy atom. The number of aromatic nitrogens is 4. The zero-order chi connectivity index (χ0) is 16.4. The van der Waals surface area contributed by atoms with E-state index in [9.17, 15) is 13.2 Å². The molecule has 0 N–H and O–H groups in total. The summed E-state index contributed by atoms with van der Waals surface area (Å²) in [5.74, 6) is 1.11. The second-order valence-electron chi connectivity index (χ2n) is 4.63. The van der Waals surface area contributed by atoms with Crippen molar-refractivity contribution in [2.24, 2.45) is 0 Å². The SMILES string of the molecule is COc1ccc(-c2nnc(Cn3ccc(C(F)(F)F)n3)o2)cc1. The monoisotopic (exact) mass is 324 g/mol. The summed E-state index contributed by atoms with van der Waals surface area (Å²) in [6.45, 7) is -0.0424. The summed E-state index contributed by atoms with van der Waals surface area (Å²) in [6, 6.07) is 7.85. The van der Waals surface area contributed by atoms with Gasteiger partial charge in [0, 0.05) is 11.8 Å². The number of benzene rings is 1. The Bertz CT molecular complexity index is 793. The molecule has 0 saturated carbocycles. The maximum Gasteiger partial charge on any atom is 0.435 e. The number of nitrogens with zero attached hydrogens (tertiary/aromatic N) is 4. The van der Waals surface area contributed by atoms with E-state index in [1.54, 1.807) is 31.4 Å². The average molecular weight is 324 g/mol. The van der Waals surface area contributed by atoms with E-state index in [4.69, 9.17) is 9.15 Å². The molecule has 6 nitrogen and oxygen atoms in total.